The molecule has 0 amide bonds. The molecule has 2 aromatic rings. The molecule has 0 spiro atoms. The van der Waals surface area contributed by atoms with Gasteiger partial charge in [-0.25, -0.2) is 4.98 Å². The van der Waals surface area contributed by atoms with E-state index < -0.39 is 7.04 Å². The summed E-state index contributed by atoms with van der Waals surface area (Å²) >= 11 is 0. The van der Waals surface area contributed by atoms with E-state index in [4.69, 9.17) is 4.65 Å². The predicted octanol–water partition coefficient (Wildman–Crippen LogP) is 2.49. The second-order valence-electron chi connectivity index (χ2n) is 5.49. The third kappa shape index (κ3) is 2.54. The van der Waals surface area contributed by atoms with E-state index in [9.17, 15) is 8.63 Å². The SMILES string of the molecule is Cc1c[n+]2c(cn1)C=C(c1ccc(N(C)C)cc1)O[B-]2(F)F. The van der Waals surface area contributed by atoms with E-state index in [2.05, 4.69) is 4.98 Å². The van der Waals surface area contributed by atoms with Gasteiger partial charge in [-0.1, -0.05) is 0 Å². The molecule has 0 N–H and O–H groups in total. The molecule has 114 valence electrons. The second-order valence-corrected chi connectivity index (χ2v) is 5.49. The topological polar surface area (TPSA) is 29.2 Å². The maximum atomic E-state index is 14.2. The quantitative estimate of drug-likeness (QED) is 0.798. The molecule has 1 aromatic carbocycles. The standard InChI is InChI=1S/C15H16BF2N3O/c1-11-10-21-14(9-19-11)8-15(22-16(21,17)18)12-4-6-13(7-5-12)20(2)3/h4-10H,1-3H3. The molecule has 0 saturated heterocycles. The maximum Gasteiger partial charge on any atom is 0.834 e. The minimum atomic E-state index is -4.15. The molecule has 0 saturated carbocycles. The third-order valence-electron chi connectivity index (χ3n) is 3.56. The highest BCUT2D eigenvalue weighted by atomic mass is 19.3. The monoisotopic (exact) mass is 303 g/mol. The first-order valence-electron chi connectivity index (χ1n) is 6.94. The number of aryl methyl sites for hydroxylation is 1. The Morgan fingerprint density at radius 3 is 2.50 bits per heavy atom. The minimum Gasteiger partial charge on any atom is -0.599 e. The fourth-order valence-corrected chi connectivity index (χ4v) is 2.37. The van der Waals surface area contributed by atoms with Gasteiger partial charge in [0.05, 0.1) is 17.6 Å². The zero-order valence-electron chi connectivity index (χ0n) is 12.6. The summed E-state index contributed by atoms with van der Waals surface area (Å²) in [5.74, 6) is 0.154. The van der Waals surface area contributed by atoms with Crippen LogP contribution in [0.5, 0.6) is 0 Å². The van der Waals surface area contributed by atoms with E-state index in [0.29, 0.717) is 17.0 Å². The Morgan fingerprint density at radius 1 is 1.18 bits per heavy atom. The van der Waals surface area contributed by atoms with E-state index in [1.165, 1.54) is 12.4 Å². The van der Waals surface area contributed by atoms with Crippen molar-refractivity contribution in [2.45, 2.75) is 6.92 Å². The Balaban J connectivity index is 2.03. The Labute approximate surface area is 127 Å². The van der Waals surface area contributed by atoms with Gasteiger partial charge >= 0.3 is 7.04 Å². The first-order valence-corrected chi connectivity index (χ1v) is 6.94. The van der Waals surface area contributed by atoms with Gasteiger partial charge < -0.3 is 22.7 Å². The molecule has 1 aliphatic heterocycles. The summed E-state index contributed by atoms with van der Waals surface area (Å²) in [6.45, 7) is 1.67. The van der Waals surface area contributed by atoms with Crippen LogP contribution in [-0.2, 0) is 4.65 Å². The molecule has 0 radical (unpaired) electrons. The average molecular weight is 303 g/mol. The number of aromatic nitrogens is 2. The maximum absolute atomic E-state index is 14.2. The molecular formula is C15H16BF2N3O. The van der Waals surface area contributed by atoms with Gasteiger partial charge in [-0.15, -0.1) is 0 Å². The van der Waals surface area contributed by atoms with Crippen LogP contribution in [0.25, 0.3) is 11.8 Å². The van der Waals surface area contributed by atoms with E-state index in [-0.39, 0.29) is 5.76 Å². The second kappa shape index (κ2) is 5.08. The number of benzene rings is 1. The minimum absolute atomic E-state index is 0.154. The van der Waals surface area contributed by atoms with E-state index in [1.807, 2.05) is 31.1 Å². The fourth-order valence-electron chi connectivity index (χ4n) is 2.37. The highest BCUT2D eigenvalue weighted by Gasteiger charge is 2.49. The molecule has 2 heterocycles. The largest absolute Gasteiger partial charge is 0.834 e. The van der Waals surface area contributed by atoms with Crippen LogP contribution in [0.3, 0.4) is 0 Å². The smallest absolute Gasteiger partial charge is 0.599 e. The van der Waals surface area contributed by atoms with Crippen molar-refractivity contribution in [3.05, 3.63) is 53.6 Å². The van der Waals surface area contributed by atoms with Gasteiger partial charge in [0.15, 0.2) is 5.69 Å². The van der Waals surface area contributed by atoms with Crippen molar-refractivity contribution in [3.8, 4) is 0 Å². The number of hydrogen-bond acceptors (Lipinski definition) is 3. The molecule has 1 aliphatic rings. The zero-order valence-corrected chi connectivity index (χ0v) is 12.6. The van der Waals surface area contributed by atoms with Crippen molar-refractivity contribution in [2.75, 3.05) is 19.0 Å². The van der Waals surface area contributed by atoms with Gasteiger partial charge in [0.2, 0.25) is 0 Å². The number of rotatable bonds is 2. The summed E-state index contributed by atoms with van der Waals surface area (Å²) in [7, 11) is -0.312. The predicted molar refractivity (Wildman–Crippen MR) is 82.3 cm³/mol. The summed E-state index contributed by atoms with van der Waals surface area (Å²) in [6, 6.07) is 7.26. The van der Waals surface area contributed by atoms with Crippen LogP contribution in [0.2, 0.25) is 0 Å². The molecule has 0 aliphatic carbocycles. The zero-order chi connectivity index (χ0) is 15.9. The summed E-state index contributed by atoms with van der Waals surface area (Å²) in [5.41, 5.74) is 2.44. The van der Waals surface area contributed by atoms with Gasteiger partial charge in [-0.2, -0.15) is 0 Å². The number of halogens is 2. The molecule has 0 fully saturated rings. The Kier molecular flexibility index (Phi) is 3.35. The van der Waals surface area contributed by atoms with Crippen molar-refractivity contribution in [1.82, 2.24) is 4.98 Å². The summed E-state index contributed by atoms with van der Waals surface area (Å²) < 4.78 is 34.3. The van der Waals surface area contributed by atoms with Gasteiger partial charge in [-0.3, -0.25) is 0 Å². The van der Waals surface area contributed by atoms with Crippen molar-refractivity contribution in [3.63, 3.8) is 0 Å². The molecule has 22 heavy (non-hydrogen) atoms. The van der Waals surface area contributed by atoms with Gasteiger partial charge in [0.25, 0.3) is 0 Å². The molecule has 0 unspecified atom stereocenters. The lowest BCUT2D eigenvalue weighted by Gasteiger charge is -2.28. The normalized spacial score (nSPS) is 15.6. The van der Waals surface area contributed by atoms with Gasteiger partial charge in [0, 0.05) is 31.4 Å². The van der Waals surface area contributed by atoms with Crippen molar-refractivity contribution in [1.29, 1.82) is 0 Å². The van der Waals surface area contributed by atoms with Crippen LogP contribution in [0.1, 0.15) is 17.0 Å². The Morgan fingerprint density at radius 2 is 1.86 bits per heavy atom. The summed E-state index contributed by atoms with van der Waals surface area (Å²) in [6.07, 6.45) is 4.32. The lowest BCUT2D eigenvalue weighted by molar-refractivity contribution is -0.584. The lowest BCUT2D eigenvalue weighted by atomic mass is 9.99. The summed E-state index contributed by atoms with van der Waals surface area (Å²) in [4.78, 5) is 6.01. The van der Waals surface area contributed by atoms with Gasteiger partial charge in [0.1, 0.15) is 6.20 Å². The van der Waals surface area contributed by atoms with Gasteiger partial charge in [-0.05, 0) is 31.2 Å². The van der Waals surface area contributed by atoms with Crippen molar-refractivity contribution in [2.24, 2.45) is 0 Å². The van der Waals surface area contributed by atoms with Crippen molar-refractivity contribution >= 4 is 24.6 Å². The summed E-state index contributed by atoms with van der Waals surface area (Å²) in [5, 5.41) is 0. The number of anilines is 1. The fraction of sp³-hybridized carbons (Fsp3) is 0.200. The third-order valence-corrected chi connectivity index (χ3v) is 3.56. The molecule has 3 rings (SSSR count). The van der Waals surface area contributed by atoms with E-state index in [0.717, 1.165) is 10.2 Å². The Hall–Kier alpha value is -2.44. The van der Waals surface area contributed by atoms with Crippen molar-refractivity contribution < 1.29 is 17.8 Å². The first kappa shape index (κ1) is 14.5. The lowest BCUT2D eigenvalue weighted by Crippen LogP contribution is -2.63. The van der Waals surface area contributed by atoms with E-state index >= 15 is 0 Å². The average Bonchev–Trinajstić information content (AvgIpc) is 2.47. The highest BCUT2D eigenvalue weighted by Crippen LogP contribution is 2.28. The van der Waals surface area contributed by atoms with Crippen LogP contribution in [0.15, 0.2) is 36.7 Å². The molecule has 7 heteroatoms. The molecule has 1 aromatic heterocycles. The van der Waals surface area contributed by atoms with Crippen LogP contribution >= 0.6 is 0 Å². The van der Waals surface area contributed by atoms with Crippen LogP contribution in [0, 0.1) is 6.92 Å². The van der Waals surface area contributed by atoms with Crippen LogP contribution in [0.4, 0.5) is 14.3 Å². The van der Waals surface area contributed by atoms with Crippen LogP contribution < -0.4 is 9.38 Å². The highest BCUT2D eigenvalue weighted by molar-refractivity contribution is 6.51. The number of nitrogens with zero attached hydrogens (tertiary/aromatic N) is 3. The van der Waals surface area contributed by atoms with E-state index in [1.54, 1.807) is 25.1 Å². The molecule has 0 bridgehead atoms. The molecular weight excluding hydrogens is 287 g/mol. The van der Waals surface area contributed by atoms with Crippen LogP contribution in [-0.4, -0.2) is 26.1 Å². The number of hydrogen-bond donors (Lipinski definition) is 0. The number of fused-ring (bicyclic) bond motifs is 1. The first-order chi connectivity index (χ1) is 10.4. The Bertz CT molecular complexity index is 745. The molecule has 0 atom stereocenters. The molecule has 4 nitrogen and oxygen atoms in total.